The first-order chi connectivity index (χ1) is 9.56. The van der Waals surface area contributed by atoms with E-state index in [9.17, 15) is 9.90 Å². The third kappa shape index (κ3) is 3.97. The Labute approximate surface area is 120 Å². The SMILES string of the molecule is Cc1ccc(OCCN2CCC(C)CC2C(=O)O)cc1. The molecule has 4 nitrogen and oxygen atoms in total. The fourth-order valence-electron chi connectivity index (χ4n) is 2.63. The molecule has 2 rings (SSSR count). The highest BCUT2D eigenvalue weighted by Crippen LogP contribution is 2.22. The van der Waals surface area contributed by atoms with Crippen LogP contribution in [-0.2, 0) is 4.79 Å². The number of carboxylic acids is 1. The summed E-state index contributed by atoms with van der Waals surface area (Å²) in [7, 11) is 0. The van der Waals surface area contributed by atoms with Crippen molar-refractivity contribution in [3.05, 3.63) is 29.8 Å². The second-order valence-electron chi connectivity index (χ2n) is 5.68. The minimum Gasteiger partial charge on any atom is -0.492 e. The molecule has 1 aromatic carbocycles. The van der Waals surface area contributed by atoms with Gasteiger partial charge in [-0.25, -0.2) is 0 Å². The lowest BCUT2D eigenvalue weighted by atomic mass is 9.92. The maximum atomic E-state index is 11.3. The monoisotopic (exact) mass is 277 g/mol. The van der Waals surface area contributed by atoms with Gasteiger partial charge in [0.05, 0.1) is 0 Å². The van der Waals surface area contributed by atoms with Crippen molar-refractivity contribution in [1.29, 1.82) is 0 Å². The van der Waals surface area contributed by atoms with E-state index in [0.29, 0.717) is 19.1 Å². The molecule has 0 radical (unpaired) electrons. The first-order valence-electron chi connectivity index (χ1n) is 7.22. The molecule has 20 heavy (non-hydrogen) atoms. The molecule has 0 saturated carbocycles. The first kappa shape index (κ1) is 14.9. The molecule has 0 spiro atoms. The fraction of sp³-hybridized carbons (Fsp3) is 0.562. The van der Waals surface area contributed by atoms with Crippen LogP contribution in [0.3, 0.4) is 0 Å². The van der Waals surface area contributed by atoms with Crippen molar-refractivity contribution in [1.82, 2.24) is 4.90 Å². The molecule has 110 valence electrons. The van der Waals surface area contributed by atoms with Crippen molar-refractivity contribution in [2.24, 2.45) is 5.92 Å². The zero-order valence-corrected chi connectivity index (χ0v) is 12.2. The van der Waals surface area contributed by atoms with E-state index in [-0.39, 0.29) is 6.04 Å². The van der Waals surface area contributed by atoms with Gasteiger partial charge in [-0.2, -0.15) is 0 Å². The number of benzene rings is 1. The van der Waals surface area contributed by atoms with E-state index in [1.54, 1.807) is 0 Å². The van der Waals surface area contributed by atoms with Crippen molar-refractivity contribution in [2.75, 3.05) is 19.7 Å². The van der Waals surface area contributed by atoms with E-state index in [1.807, 2.05) is 36.1 Å². The molecule has 1 fully saturated rings. The van der Waals surface area contributed by atoms with Crippen LogP contribution in [0.2, 0.25) is 0 Å². The molecule has 1 N–H and O–H groups in total. The zero-order chi connectivity index (χ0) is 14.5. The minimum absolute atomic E-state index is 0.361. The normalized spacial score (nSPS) is 23.5. The van der Waals surface area contributed by atoms with Crippen molar-refractivity contribution in [3.8, 4) is 5.75 Å². The van der Waals surface area contributed by atoms with E-state index >= 15 is 0 Å². The Kier molecular flexibility index (Phi) is 5.01. The Morgan fingerprint density at radius 1 is 1.40 bits per heavy atom. The number of piperidine rings is 1. The zero-order valence-electron chi connectivity index (χ0n) is 12.2. The number of aliphatic carboxylic acids is 1. The standard InChI is InChI=1S/C16H23NO3/c1-12-3-5-14(6-4-12)20-10-9-17-8-7-13(2)11-15(17)16(18)19/h3-6,13,15H,7-11H2,1-2H3,(H,18,19). The topological polar surface area (TPSA) is 49.8 Å². The summed E-state index contributed by atoms with van der Waals surface area (Å²) >= 11 is 0. The van der Waals surface area contributed by atoms with Gasteiger partial charge >= 0.3 is 5.97 Å². The van der Waals surface area contributed by atoms with E-state index in [1.165, 1.54) is 5.56 Å². The van der Waals surface area contributed by atoms with Gasteiger partial charge in [-0.15, -0.1) is 0 Å². The van der Waals surface area contributed by atoms with Gasteiger partial charge in [-0.05, 0) is 44.4 Å². The third-order valence-electron chi connectivity index (χ3n) is 3.93. The maximum Gasteiger partial charge on any atom is 0.320 e. The van der Waals surface area contributed by atoms with Crippen LogP contribution in [0.15, 0.2) is 24.3 Å². The summed E-state index contributed by atoms with van der Waals surface area (Å²) in [5.74, 6) is 0.616. The molecule has 0 aliphatic carbocycles. The molecule has 2 atom stereocenters. The summed E-state index contributed by atoms with van der Waals surface area (Å²) in [5, 5.41) is 9.29. The Bertz CT molecular complexity index is 444. The van der Waals surface area contributed by atoms with Gasteiger partial charge in [0.2, 0.25) is 0 Å². The molecule has 1 aliphatic heterocycles. The van der Waals surface area contributed by atoms with E-state index < -0.39 is 5.97 Å². The molecule has 4 heteroatoms. The van der Waals surface area contributed by atoms with Gasteiger partial charge in [-0.1, -0.05) is 24.6 Å². The Hall–Kier alpha value is -1.55. The van der Waals surface area contributed by atoms with Crippen molar-refractivity contribution < 1.29 is 14.6 Å². The largest absolute Gasteiger partial charge is 0.492 e. The van der Waals surface area contributed by atoms with Gasteiger partial charge in [0.1, 0.15) is 18.4 Å². The number of rotatable bonds is 5. The molecular formula is C16H23NO3. The van der Waals surface area contributed by atoms with Crippen molar-refractivity contribution in [3.63, 3.8) is 0 Å². The number of aryl methyl sites for hydroxylation is 1. The summed E-state index contributed by atoms with van der Waals surface area (Å²) in [4.78, 5) is 13.3. The molecule has 0 amide bonds. The Morgan fingerprint density at radius 3 is 2.75 bits per heavy atom. The number of hydrogen-bond acceptors (Lipinski definition) is 3. The highest BCUT2D eigenvalue weighted by molar-refractivity contribution is 5.73. The summed E-state index contributed by atoms with van der Waals surface area (Å²) in [5.41, 5.74) is 1.20. The van der Waals surface area contributed by atoms with E-state index in [0.717, 1.165) is 25.1 Å². The predicted molar refractivity (Wildman–Crippen MR) is 78.1 cm³/mol. The third-order valence-corrected chi connectivity index (χ3v) is 3.93. The second-order valence-corrected chi connectivity index (χ2v) is 5.68. The maximum absolute atomic E-state index is 11.3. The molecule has 1 aromatic rings. The van der Waals surface area contributed by atoms with Crippen molar-refractivity contribution >= 4 is 5.97 Å². The van der Waals surface area contributed by atoms with Crippen LogP contribution in [0, 0.1) is 12.8 Å². The van der Waals surface area contributed by atoms with Crippen LogP contribution in [0.25, 0.3) is 0 Å². The highest BCUT2D eigenvalue weighted by Gasteiger charge is 2.31. The molecule has 1 aliphatic rings. The van der Waals surface area contributed by atoms with E-state index in [2.05, 4.69) is 6.92 Å². The number of carbonyl (C=O) groups is 1. The van der Waals surface area contributed by atoms with Gasteiger partial charge in [0.25, 0.3) is 0 Å². The highest BCUT2D eigenvalue weighted by atomic mass is 16.5. The minimum atomic E-state index is -0.716. The van der Waals surface area contributed by atoms with Crippen LogP contribution in [0.1, 0.15) is 25.3 Å². The number of ether oxygens (including phenoxy) is 1. The van der Waals surface area contributed by atoms with Crippen LogP contribution < -0.4 is 4.74 Å². The quantitative estimate of drug-likeness (QED) is 0.898. The molecule has 1 saturated heterocycles. The van der Waals surface area contributed by atoms with Gasteiger partial charge in [-0.3, -0.25) is 9.69 Å². The number of carboxylic acid groups (broad SMARTS) is 1. The van der Waals surface area contributed by atoms with Crippen LogP contribution >= 0.6 is 0 Å². The van der Waals surface area contributed by atoms with Gasteiger partial charge < -0.3 is 9.84 Å². The molecule has 1 heterocycles. The summed E-state index contributed by atoms with van der Waals surface area (Å²) in [6, 6.07) is 7.56. The summed E-state index contributed by atoms with van der Waals surface area (Å²) in [6.45, 7) is 6.19. The first-order valence-corrected chi connectivity index (χ1v) is 7.22. The summed E-state index contributed by atoms with van der Waals surface area (Å²) < 4.78 is 5.68. The smallest absolute Gasteiger partial charge is 0.320 e. The second kappa shape index (κ2) is 6.75. The Morgan fingerprint density at radius 2 is 2.10 bits per heavy atom. The number of likely N-dealkylation sites (tertiary alicyclic amines) is 1. The van der Waals surface area contributed by atoms with Gasteiger partial charge in [0.15, 0.2) is 0 Å². The lowest BCUT2D eigenvalue weighted by Crippen LogP contribution is -2.48. The average molecular weight is 277 g/mol. The lowest BCUT2D eigenvalue weighted by Gasteiger charge is -2.35. The summed E-state index contributed by atoms with van der Waals surface area (Å²) in [6.07, 6.45) is 1.80. The molecular weight excluding hydrogens is 254 g/mol. The predicted octanol–water partition coefficient (Wildman–Crippen LogP) is 2.56. The molecule has 0 aromatic heterocycles. The van der Waals surface area contributed by atoms with Crippen LogP contribution in [0.4, 0.5) is 0 Å². The number of hydrogen-bond donors (Lipinski definition) is 1. The molecule has 0 bridgehead atoms. The Balaban J connectivity index is 1.83. The fourth-order valence-corrected chi connectivity index (χ4v) is 2.63. The van der Waals surface area contributed by atoms with Gasteiger partial charge in [0, 0.05) is 6.54 Å². The lowest BCUT2D eigenvalue weighted by molar-refractivity contribution is -0.145. The average Bonchev–Trinajstić information content (AvgIpc) is 2.42. The van der Waals surface area contributed by atoms with E-state index in [4.69, 9.17) is 4.74 Å². The van der Waals surface area contributed by atoms with Crippen molar-refractivity contribution in [2.45, 2.75) is 32.7 Å². The number of nitrogens with zero attached hydrogens (tertiary/aromatic N) is 1. The van der Waals surface area contributed by atoms with Crippen LogP contribution in [-0.4, -0.2) is 41.7 Å². The van der Waals surface area contributed by atoms with Crippen LogP contribution in [0.5, 0.6) is 5.75 Å². The molecule has 2 unspecified atom stereocenters.